The topological polar surface area (TPSA) is 48.3 Å². The van der Waals surface area contributed by atoms with Gasteiger partial charge in [-0.1, -0.05) is 12.1 Å². The molecular weight excluding hydrogens is 230 g/mol. The van der Waals surface area contributed by atoms with Crippen molar-refractivity contribution < 1.29 is 9.47 Å². The van der Waals surface area contributed by atoms with Crippen LogP contribution in [0.4, 0.5) is 0 Å². The highest BCUT2D eigenvalue weighted by Crippen LogP contribution is 2.14. The van der Waals surface area contributed by atoms with Gasteiger partial charge in [-0.25, -0.2) is 4.98 Å². The van der Waals surface area contributed by atoms with Gasteiger partial charge in [-0.3, -0.25) is 0 Å². The van der Waals surface area contributed by atoms with E-state index in [9.17, 15) is 0 Å². The molecule has 0 unspecified atom stereocenters. The Labute approximate surface area is 106 Å². The quantitative estimate of drug-likeness (QED) is 0.877. The van der Waals surface area contributed by atoms with Crippen molar-refractivity contribution in [3.63, 3.8) is 0 Å². The molecule has 2 aromatic rings. The molecule has 2 heterocycles. The number of aromatic nitrogens is 2. The number of nitrogens with zero attached hydrogens (tertiary/aromatic N) is 2. The van der Waals surface area contributed by atoms with Gasteiger partial charge in [0.15, 0.2) is 6.29 Å². The van der Waals surface area contributed by atoms with Crippen molar-refractivity contribution in [1.29, 1.82) is 0 Å². The maximum absolute atomic E-state index is 5.37. The number of fused-ring (bicyclic) bond motifs is 1. The van der Waals surface area contributed by atoms with E-state index < -0.39 is 0 Å². The third-order valence-corrected chi connectivity index (χ3v) is 3.16. The first-order chi connectivity index (χ1) is 8.84. The van der Waals surface area contributed by atoms with E-state index in [0.717, 1.165) is 16.9 Å². The lowest BCUT2D eigenvalue weighted by Gasteiger charge is -2.10. The molecule has 0 spiro atoms. The third-order valence-electron chi connectivity index (χ3n) is 3.16. The molecule has 1 aromatic heterocycles. The molecule has 18 heavy (non-hydrogen) atoms. The molecule has 0 aliphatic carbocycles. The van der Waals surface area contributed by atoms with Crippen LogP contribution < -0.4 is 5.32 Å². The van der Waals surface area contributed by atoms with Crippen LogP contribution in [0.25, 0.3) is 11.0 Å². The predicted molar refractivity (Wildman–Crippen MR) is 68.1 cm³/mol. The standard InChI is InChI=1S/C13H17N3O2/c1-16-11-5-3-2-4-10(11)15-12(16)8-14-9-13-17-6-7-18-13/h2-5,13-14H,6-9H2,1H3. The fraction of sp³-hybridized carbons (Fsp3) is 0.462. The van der Waals surface area contributed by atoms with Crippen LogP contribution >= 0.6 is 0 Å². The van der Waals surface area contributed by atoms with Gasteiger partial charge in [-0.15, -0.1) is 0 Å². The summed E-state index contributed by atoms with van der Waals surface area (Å²) in [5.41, 5.74) is 2.19. The minimum atomic E-state index is -0.111. The zero-order valence-corrected chi connectivity index (χ0v) is 10.4. The Balaban J connectivity index is 1.65. The molecular formula is C13H17N3O2. The number of ether oxygens (including phenoxy) is 2. The van der Waals surface area contributed by atoms with E-state index in [1.165, 1.54) is 0 Å². The fourth-order valence-electron chi connectivity index (χ4n) is 2.18. The predicted octanol–water partition coefficient (Wildman–Crippen LogP) is 1.04. The molecule has 0 radical (unpaired) electrons. The summed E-state index contributed by atoms with van der Waals surface area (Å²) in [6.07, 6.45) is -0.111. The largest absolute Gasteiger partial charge is 0.349 e. The lowest BCUT2D eigenvalue weighted by Crippen LogP contribution is -2.28. The van der Waals surface area contributed by atoms with Crippen molar-refractivity contribution in [2.75, 3.05) is 19.8 Å². The Kier molecular flexibility index (Phi) is 3.27. The van der Waals surface area contributed by atoms with E-state index in [1.54, 1.807) is 0 Å². The molecule has 0 amide bonds. The first-order valence-corrected chi connectivity index (χ1v) is 6.19. The number of benzene rings is 1. The Morgan fingerprint density at radius 3 is 2.89 bits per heavy atom. The van der Waals surface area contributed by atoms with Gasteiger partial charge in [0.1, 0.15) is 5.82 Å². The number of hydrogen-bond acceptors (Lipinski definition) is 4. The molecule has 5 heteroatoms. The van der Waals surface area contributed by atoms with Crippen LogP contribution in [0.5, 0.6) is 0 Å². The smallest absolute Gasteiger partial charge is 0.170 e. The van der Waals surface area contributed by atoms with Crippen LogP contribution in [0.15, 0.2) is 24.3 Å². The summed E-state index contributed by atoms with van der Waals surface area (Å²) in [6.45, 7) is 2.80. The molecule has 5 nitrogen and oxygen atoms in total. The molecule has 1 saturated heterocycles. The first kappa shape index (κ1) is 11.6. The van der Waals surface area contributed by atoms with Crippen LogP contribution in [-0.2, 0) is 23.1 Å². The highest BCUT2D eigenvalue weighted by molar-refractivity contribution is 5.75. The van der Waals surface area contributed by atoms with Crippen molar-refractivity contribution in [2.45, 2.75) is 12.8 Å². The normalized spacial score (nSPS) is 16.7. The van der Waals surface area contributed by atoms with E-state index in [-0.39, 0.29) is 6.29 Å². The second-order valence-corrected chi connectivity index (χ2v) is 4.38. The van der Waals surface area contributed by atoms with E-state index in [0.29, 0.717) is 26.3 Å². The zero-order valence-electron chi connectivity index (χ0n) is 10.4. The van der Waals surface area contributed by atoms with E-state index in [2.05, 4.69) is 20.9 Å². The zero-order chi connectivity index (χ0) is 12.4. The minimum absolute atomic E-state index is 0.111. The average molecular weight is 247 g/mol. The highest BCUT2D eigenvalue weighted by atomic mass is 16.7. The van der Waals surface area contributed by atoms with E-state index in [4.69, 9.17) is 9.47 Å². The van der Waals surface area contributed by atoms with Gasteiger partial charge < -0.3 is 19.4 Å². The van der Waals surface area contributed by atoms with Crippen LogP contribution in [0.1, 0.15) is 5.82 Å². The molecule has 0 saturated carbocycles. The Morgan fingerprint density at radius 1 is 1.33 bits per heavy atom. The second kappa shape index (κ2) is 5.06. The molecule has 1 N–H and O–H groups in total. The number of rotatable bonds is 4. The van der Waals surface area contributed by atoms with Crippen LogP contribution in [0.3, 0.4) is 0 Å². The summed E-state index contributed by atoms with van der Waals surface area (Å²) in [7, 11) is 2.04. The molecule has 96 valence electrons. The summed E-state index contributed by atoms with van der Waals surface area (Å²) in [4.78, 5) is 4.60. The van der Waals surface area contributed by atoms with Crippen molar-refractivity contribution in [3.05, 3.63) is 30.1 Å². The van der Waals surface area contributed by atoms with Gasteiger partial charge in [0, 0.05) is 13.6 Å². The number of hydrogen-bond donors (Lipinski definition) is 1. The maximum Gasteiger partial charge on any atom is 0.170 e. The van der Waals surface area contributed by atoms with Gasteiger partial charge in [0.25, 0.3) is 0 Å². The van der Waals surface area contributed by atoms with Crippen LogP contribution in [0, 0.1) is 0 Å². The number of nitrogens with one attached hydrogen (secondary N) is 1. The summed E-state index contributed by atoms with van der Waals surface area (Å²) in [6, 6.07) is 8.14. The average Bonchev–Trinajstić information content (AvgIpc) is 3.00. The van der Waals surface area contributed by atoms with Gasteiger partial charge in [-0.05, 0) is 12.1 Å². The monoisotopic (exact) mass is 247 g/mol. The van der Waals surface area contributed by atoms with Gasteiger partial charge >= 0.3 is 0 Å². The minimum Gasteiger partial charge on any atom is -0.349 e. The Bertz CT molecular complexity index is 532. The van der Waals surface area contributed by atoms with Crippen molar-refractivity contribution in [2.24, 2.45) is 7.05 Å². The summed E-state index contributed by atoms with van der Waals surface area (Å²) >= 11 is 0. The van der Waals surface area contributed by atoms with Crippen molar-refractivity contribution in [3.8, 4) is 0 Å². The Morgan fingerprint density at radius 2 is 2.11 bits per heavy atom. The van der Waals surface area contributed by atoms with Gasteiger partial charge in [-0.2, -0.15) is 0 Å². The summed E-state index contributed by atoms with van der Waals surface area (Å²) in [5.74, 6) is 1.02. The van der Waals surface area contributed by atoms with Crippen LogP contribution in [0.2, 0.25) is 0 Å². The van der Waals surface area contributed by atoms with Crippen molar-refractivity contribution in [1.82, 2.24) is 14.9 Å². The van der Waals surface area contributed by atoms with Crippen LogP contribution in [-0.4, -0.2) is 35.6 Å². The molecule has 1 aliphatic heterocycles. The molecule has 0 bridgehead atoms. The second-order valence-electron chi connectivity index (χ2n) is 4.38. The number of para-hydroxylation sites is 2. The van der Waals surface area contributed by atoms with E-state index >= 15 is 0 Å². The SMILES string of the molecule is Cn1c(CNCC2OCCO2)nc2ccccc21. The van der Waals surface area contributed by atoms with Gasteiger partial charge in [0.2, 0.25) is 0 Å². The molecule has 3 rings (SSSR count). The lowest BCUT2D eigenvalue weighted by molar-refractivity contribution is -0.0393. The molecule has 1 aromatic carbocycles. The lowest BCUT2D eigenvalue weighted by atomic mass is 10.3. The summed E-state index contributed by atoms with van der Waals surface area (Å²) < 4.78 is 12.8. The number of aryl methyl sites for hydroxylation is 1. The van der Waals surface area contributed by atoms with Crippen molar-refractivity contribution >= 4 is 11.0 Å². The summed E-state index contributed by atoms with van der Waals surface area (Å²) in [5, 5.41) is 3.31. The third kappa shape index (κ3) is 2.25. The first-order valence-electron chi connectivity index (χ1n) is 6.19. The highest BCUT2D eigenvalue weighted by Gasteiger charge is 2.15. The van der Waals surface area contributed by atoms with Gasteiger partial charge in [0.05, 0.1) is 30.8 Å². The number of imidazole rings is 1. The molecule has 1 fully saturated rings. The fourth-order valence-corrected chi connectivity index (χ4v) is 2.18. The molecule has 1 aliphatic rings. The Hall–Kier alpha value is -1.43. The maximum atomic E-state index is 5.37. The molecule has 0 atom stereocenters. The van der Waals surface area contributed by atoms with E-state index in [1.807, 2.05) is 25.2 Å².